The molecule has 0 aliphatic carbocycles. The van der Waals surface area contributed by atoms with Crippen molar-refractivity contribution in [2.75, 3.05) is 0 Å². The van der Waals surface area contributed by atoms with Crippen molar-refractivity contribution in [1.82, 2.24) is 4.98 Å². The minimum absolute atomic E-state index is 0.0897. The molecule has 26 heavy (non-hydrogen) atoms. The number of benzene rings is 2. The van der Waals surface area contributed by atoms with Crippen LogP contribution in [0.1, 0.15) is 26.5 Å². The van der Waals surface area contributed by atoms with E-state index in [9.17, 15) is 13.2 Å². The summed E-state index contributed by atoms with van der Waals surface area (Å²) in [6, 6.07) is 13.8. The Morgan fingerprint density at radius 1 is 1.04 bits per heavy atom. The number of aryl methyl sites for hydroxylation is 2. The van der Waals surface area contributed by atoms with Crippen LogP contribution in [0.5, 0.6) is 0 Å². The first-order chi connectivity index (χ1) is 12.3. The first-order valence-corrected chi connectivity index (χ1v) is 10.3. The van der Waals surface area contributed by atoms with E-state index in [1.165, 1.54) is 0 Å². The Labute approximate surface area is 155 Å². The van der Waals surface area contributed by atoms with E-state index >= 15 is 0 Å². The van der Waals surface area contributed by atoms with Gasteiger partial charge in [-0.2, -0.15) is 0 Å². The lowest BCUT2D eigenvalue weighted by Crippen LogP contribution is -2.04. The Balaban J connectivity index is 1.82. The average Bonchev–Trinajstić information content (AvgIpc) is 2.98. The Bertz CT molecular complexity index is 1050. The van der Waals surface area contributed by atoms with Gasteiger partial charge in [0.2, 0.25) is 0 Å². The summed E-state index contributed by atoms with van der Waals surface area (Å²) in [5, 5.41) is 9.73. The van der Waals surface area contributed by atoms with Crippen LogP contribution in [0.3, 0.4) is 0 Å². The maximum absolute atomic E-state index is 12.5. The first kappa shape index (κ1) is 18.3. The van der Waals surface area contributed by atoms with Crippen molar-refractivity contribution in [2.24, 2.45) is 0 Å². The van der Waals surface area contributed by atoms with Gasteiger partial charge in [0.25, 0.3) is 0 Å². The van der Waals surface area contributed by atoms with Crippen molar-refractivity contribution in [3.05, 3.63) is 70.2 Å². The molecule has 0 unspecified atom stereocenters. The molecular formula is C19H17NO4S2. The summed E-state index contributed by atoms with van der Waals surface area (Å²) in [5.41, 5.74) is 2.92. The fraction of sp³-hybridized carbons (Fsp3) is 0.158. The number of thiazole rings is 1. The van der Waals surface area contributed by atoms with Gasteiger partial charge in [-0.15, -0.1) is 11.3 Å². The molecule has 0 bridgehead atoms. The molecule has 0 amide bonds. The molecule has 3 aromatic rings. The maximum Gasteiger partial charge on any atom is 0.347 e. The lowest BCUT2D eigenvalue weighted by atomic mass is 10.2. The highest BCUT2D eigenvalue weighted by molar-refractivity contribution is 7.90. The highest BCUT2D eigenvalue weighted by Gasteiger charge is 2.17. The lowest BCUT2D eigenvalue weighted by Gasteiger charge is -2.06. The average molecular weight is 387 g/mol. The lowest BCUT2D eigenvalue weighted by molar-refractivity contribution is 0.0701. The van der Waals surface area contributed by atoms with E-state index < -0.39 is 15.8 Å². The highest BCUT2D eigenvalue weighted by atomic mass is 32.2. The largest absolute Gasteiger partial charge is 0.477 e. The van der Waals surface area contributed by atoms with Gasteiger partial charge in [-0.3, -0.25) is 0 Å². The van der Waals surface area contributed by atoms with Crippen molar-refractivity contribution in [3.8, 4) is 10.6 Å². The molecule has 0 saturated carbocycles. The van der Waals surface area contributed by atoms with Gasteiger partial charge in [-0.1, -0.05) is 42.0 Å². The van der Waals surface area contributed by atoms with Gasteiger partial charge in [0, 0.05) is 5.56 Å². The van der Waals surface area contributed by atoms with E-state index in [0.29, 0.717) is 21.2 Å². The molecule has 0 radical (unpaired) electrons. The predicted octanol–water partition coefficient (Wildman–Crippen LogP) is 4.10. The van der Waals surface area contributed by atoms with Crippen molar-refractivity contribution in [1.29, 1.82) is 0 Å². The Hall–Kier alpha value is -2.51. The normalized spacial score (nSPS) is 11.5. The summed E-state index contributed by atoms with van der Waals surface area (Å²) in [6.45, 7) is 3.57. The van der Waals surface area contributed by atoms with Crippen molar-refractivity contribution in [2.45, 2.75) is 24.5 Å². The number of hydrogen-bond acceptors (Lipinski definition) is 5. The monoisotopic (exact) mass is 387 g/mol. The number of aromatic nitrogens is 1. The Morgan fingerprint density at radius 3 is 2.19 bits per heavy atom. The van der Waals surface area contributed by atoms with Gasteiger partial charge in [0.1, 0.15) is 9.88 Å². The quantitative estimate of drug-likeness (QED) is 0.712. The third kappa shape index (κ3) is 3.84. The minimum Gasteiger partial charge on any atom is -0.477 e. The molecule has 0 saturated heterocycles. The summed E-state index contributed by atoms with van der Waals surface area (Å²) in [4.78, 5) is 15.9. The van der Waals surface area contributed by atoms with Gasteiger partial charge in [-0.05, 0) is 31.5 Å². The minimum atomic E-state index is -3.41. The molecule has 3 rings (SSSR count). The zero-order valence-electron chi connectivity index (χ0n) is 14.3. The number of hydrogen-bond donors (Lipinski definition) is 1. The fourth-order valence-electron chi connectivity index (χ4n) is 2.51. The molecule has 0 atom stereocenters. The van der Waals surface area contributed by atoms with Crippen LogP contribution in [0.2, 0.25) is 0 Å². The zero-order chi connectivity index (χ0) is 18.9. The highest BCUT2D eigenvalue weighted by Crippen LogP contribution is 2.28. The standard InChI is InChI=1S/C19H17NO4S2/c1-12-3-9-16(10-4-12)26(23,24)11-14-5-7-15(8-6-14)18-20-13(2)17(25-18)19(21)22/h3-10H,11H2,1-2H3,(H,21,22). The second kappa shape index (κ2) is 7.01. The van der Waals surface area contributed by atoms with Crippen molar-refractivity contribution in [3.63, 3.8) is 0 Å². The first-order valence-electron chi connectivity index (χ1n) is 7.86. The van der Waals surface area contributed by atoms with Crippen LogP contribution in [0.4, 0.5) is 0 Å². The fourth-order valence-corrected chi connectivity index (χ4v) is 4.77. The number of sulfone groups is 1. The summed E-state index contributed by atoms with van der Waals surface area (Å²) in [5.74, 6) is -1.08. The second-order valence-electron chi connectivity index (χ2n) is 6.01. The van der Waals surface area contributed by atoms with E-state index in [4.69, 9.17) is 5.11 Å². The summed E-state index contributed by atoms with van der Waals surface area (Å²) >= 11 is 1.11. The topological polar surface area (TPSA) is 84.3 Å². The van der Waals surface area contributed by atoms with E-state index in [2.05, 4.69) is 4.98 Å². The van der Waals surface area contributed by atoms with Gasteiger partial charge < -0.3 is 5.11 Å². The summed E-state index contributed by atoms with van der Waals surface area (Å²) in [7, 11) is -3.41. The Morgan fingerprint density at radius 2 is 1.65 bits per heavy atom. The molecule has 7 heteroatoms. The molecule has 1 heterocycles. The zero-order valence-corrected chi connectivity index (χ0v) is 15.9. The summed E-state index contributed by atoms with van der Waals surface area (Å²) < 4.78 is 25.0. The third-order valence-electron chi connectivity index (χ3n) is 3.93. The summed E-state index contributed by atoms with van der Waals surface area (Å²) in [6.07, 6.45) is 0. The van der Waals surface area contributed by atoms with E-state index in [0.717, 1.165) is 22.5 Å². The van der Waals surface area contributed by atoms with Gasteiger partial charge in [-0.25, -0.2) is 18.2 Å². The van der Waals surface area contributed by atoms with Gasteiger partial charge in [0.15, 0.2) is 9.84 Å². The van der Waals surface area contributed by atoms with Crippen LogP contribution in [0.25, 0.3) is 10.6 Å². The molecule has 0 aliphatic heterocycles. The predicted molar refractivity (Wildman–Crippen MR) is 101 cm³/mol. The molecule has 0 spiro atoms. The van der Waals surface area contributed by atoms with Crippen LogP contribution >= 0.6 is 11.3 Å². The number of carboxylic acid groups (broad SMARTS) is 1. The molecule has 0 fully saturated rings. The second-order valence-corrected chi connectivity index (χ2v) is 9.00. The molecule has 1 N–H and O–H groups in total. The number of nitrogens with zero attached hydrogens (tertiary/aromatic N) is 1. The van der Waals surface area contributed by atoms with Gasteiger partial charge in [0.05, 0.1) is 16.3 Å². The van der Waals surface area contributed by atoms with E-state index in [-0.39, 0.29) is 10.6 Å². The van der Waals surface area contributed by atoms with Crippen LogP contribution in [0.15, 0.2) is 53.4 Å². The number of carboxylic acids is 1. The third-order valence-corrected chi connectivity index (χ3v) is 6.83. The van der Waals surface area contributed by atoms with Gasteiger partial charge >= 0.3 is 5.97 Å². The maximum atomic E-state index is 12.5. The van der Waals surface area contributed by atoms with Crippen molar-refractivity contribution >= 4 is 27.1 Å². The number of carbonyl (C=O) groups is 1. The molecule has 5 nitrogen and oxygen atoms in total. The molecular weight excluding hydrogens is 370 g/mol. The number of rotatable bonds is 5. The van der Waals surface area contributed by atoms with E-state index in [1.807, 2.05) is 6.92 Å². The molecule has 134 valence electrons. The Kier molecular flexibility index (Phi) is 4.93. The number of aromatic carboxylic acids is 1. The van der Waals surface area contributed by atoms with Crippen LogP contribution in [-0.4, -0.2) is 24.5 Å². The van der Waals surface area contributed by atoms with E-state index in [1.54, 1.807) is 55.5 Å². The van der Waals surface area contributed by atoms with Crippen LogP contribution in [-0.2, 0) is 15.6 Å². The SMILES string of the molecule is Cc1ccc(S(=O)(=O)Cc2ccc(-c3nc(C)c(C(=O)O)s3)cc2)cc1. The molecule has 1 aromatic heterocycles. The molecule has 0 aliphatic rings. The van der Waals surface area contributed by atoms with Crippen LogP contribution < -0.4 is 0 Å². The van der Waals surface area contributed by atoms with Crippen LogP contribution in [0, 0.1) is 13.8 Å². The smallest absolute Gasteiger partial charge is 0.347 e. The van der Waals surface area contributed by atoms with Crippen molar-refractivity contribution < 1.29 is 18.3 Å². The molecule has 2 aromatic carbocycles.